The van der Waals surface area contributed by atoms with Crippen LogP contribution in [-0.4, -0.2) is 25.2 Å². The highest BCUT2D eigenvalue weighted by Gasteiger charge is 2.33. The summed E-state index contributed by atoms with van der Waals surface area (Å²) >= 11 is 3.26. The van der Waals surface area contributed by atoms with Crippen molar-refractivity contribution in [2.75, 3.05) is 18.0 Å². The van der Waals surface area contributed by atoms with Crippen molar-refractivity contribution in [1.29, 1.82) is 0 Å². The Morgan fingerprint density at radius 1 is 1.35 bits per heavy atom. The highest BCUT2D eigenvalue weighted by atomic mass is 79.9. The van der Waals surface area contributed by atoms with Gasteiger partial charge >= 0.3 is 0 Å². The van der Waals surface area contributed by atoms with Crippen molar-refractivity contribution in [3.63, 3.8) is 0 Å². The van der Waals surface area contributed by atoms with E-state index in [-0.39, 0.29) is 11.2 Å². The predicted molar refractivity (Wildman–Crippen MR) is 86.9 cm³/mol. The Balaban J connectivity index is 2.32. The fourth-order valence-corrected chi connectivity index (χ4v) is 3.18. The van der Waals surface area contributed by atoms with Crippen LogP contribution < -0.4 is 10.2 Å². The Labute approximate surface area is 129 Å². The maximum absolute atomic E-state index is 13.9. The van der Waals surface area contributed by atoms with Gasteiger partial charge in [0.25, 0.3) is 0 Å². The van der Waals surface area contributed by atoms with E-state index in [1.807, 2.05) is 13.0 Å². The fraction of sp³-hybridized carbons (Fsp3) is 0.625. The Kier molecular flexibility index (Phi) is 4.45. The molecule has 2 nitrogen and oxygen atoms in total. The minimum absolute atomic E-state index is 0.191. The molecule has 2 atom stereocenters. The first-order valence-electron chi connectivity index (χ1n) is 7.16. The molecule has 1 aliphatic rings. The van der Waals surface area contributed by atoms with E-state index in [2.05, 4.69) is 53.8 Å². The van der Waals surface area contributed by atoms with Gasteiger partial charge in [0.15, 0.2) is 0 Å². The van der Waals surface area contributed by atoms with Gasteiger partial charge in [0, 0.05) is 30.9 Å². The Bertz CT molecular complexity index is 496. The van der Waals surface area contributed by atoms with Crippen LogP contribution in [0.3, 0.4) is 0 Å². The molecule has 1 saturated heterocycles. The van der Waals surface area contributed by atoms with Gasteiger partial charge in [-0.25, -0.2) is 4.39 Å². The molecular formula is C16H24BrFN2. The molecule has 0 saturated carbocycles. The van der Waals surface area contributed by atoms with Crippen molar-refractivity contribution in [3.05, 3.63) is 28.0 Å². The zero-order valence-corrected chi connectivity index (χ0v) is 14.5. The smallest absolute Gasteiger partial charge is 0.139 e. The fourth-order valence-electron chi connectivity index (χ4n) is 2.73. The van der Waals surface area contributed by atoms with Crippen LogP contribution in [0.4, 0.5) is 10.1 Å². The molecule has 20 heavy (non-hydrogen) atoms. The van der Waals surface area contributed by atoms with Crippen LogP contribution in [0, 0.1) is 18.2 Å². The van der Waals surface area contributed by atoms with Crippen LogP contribution in [0.5, 0.6) is 0 Å². The Hall–Kier alpha value is -0.610. The second-order valence-corrected chi connectivity index (χ2v) is 7.74. The van der Waals surface area contributed by atoms with Crippen LogP contribution in [0.1, 0.15) is 33.3 Å². The lowest BCUT2D eigenvalue weighted by Gasteiger charge is -2.45. The van der Waals surface area contributed by atoms with Gasteiger partial charge in [-0.3, -0.25) is 0 Å². The van der Waals surface area contributed by atoms with Crippen LogP contribution >= 0.6 is 15.9 Å². The first kappa shape index (κ1) is 15.8. The third-order valence-electron chi connectivity index (χ3n) is 4.16. The van der Waals surface area contributed by atoms with Crippen molar-refractivity contribution in [2.24, 2.45) is 5.41 Å². The molecule has 0 aromatic heterocycles. The lowest BCUT2D eigenvalue weighted by molar-refractivity contribution is 0.238. The molecule has 0 bridgehead atoms. The molecule has 2 rings (SSSR count). The lowest BCUT2D eigenvalue weighted by atomic mass is 9.84. The number of piperazine rings is 1. The van der Waals surface area contributed by atoms with Gasteiger partial charge in [0.2, 0.25) is 0 Å². The maximum Gasteiger partial charge on any atom is 0.139 e. The van der Waals surface area contributed by atoms with Gasteiger partial charge in [-0.1, -0.05) is 20.8 Å². The summed E-state index contributed by atoms with van der Waals surface area (Å²) in [7, 11) is 0. The van der Waals surface area contributed by atoms with Crippen molar-refractivity contribution in [1.82, 2.24) is 5.32 Å². The SMILES string of the molecule is Cc1cc(Br)c(F)cc1N1CC(C(C)(C)C)NCC1C. The second-order valence-electron chi connectivity index (χ2n) is 6.88. The summed E-state index contributed by atoms with van der Waals surface area (Å²) in [5.41, 5.74) is 2.31. The molecule has 0 spiro atoms. The molecule has 1 N–H and O–H groups in total. The van der Waals surface area contributed by atoms with E-state index < -0.39 is 0 Å². The number of rotatable bonds is 1. The van der Waals surface area contributed by atoms with Crippen LogP contribution in [0.25, 0.3) is 0 Å². The molecular weight excluding hydrogens is 319 g/mol. The molecule has 1 heterocycles. The van der Waals surface area contributed by atoms with Crippen molar-refractivity contribution >= 4 is 21.6 Å². The third kappa shape index (κ3) is 3.17. The third-order valence-corrected chi connectivity index (χ3v) is 4.77. The molecule has 2 unspecified atom stereocenters. The molecule has 4 heteroatoms. The van der Waals surface area contributed by atoms with E-state index in [1.165, 1.54) is 0 Å². The van der Waals surface area contributed by atoms with E-state index in [0.717, 1.165) is 24.3 Å². The van der Waals surface area contributed by atoms with E-state index in [0.29, 0.717) is 16.6 Å². The van der Waals surface area contributed by atoms with Crippen molar-refractivity contribution in [2.45, 2.75) is 46.7 Å². The van der Waals surface area contributed by atoms with Gasteiger partial charge < -0.3 is 10.2 Å². The summed E-state index contributed by atoms with van der Waals surface area (Å²) in [5.74, 6) is -0.191. The summed E-state index contributed by atoms with van der Waals surface area (Å²) in [5, 5.41) is 3.61. The minimum Gasteiger partial charge on any atom is -0.366 e. The number of anilines is 1. The quantitative estimate of drug-likeness (QED) is 0.826. The highest BCUT2D eigenvalue weighted by molar-refractivity contribution is 9.10. The van der Waals surface area contributed by atoms with E-state index in [4.69, 9.17) is 0 Å². The van der Waals surface area contributed by atoms with Gasteiger partial charge in [0.05, 0.1) is 4.47 Å². The molecule has 112 valence electrons. The summed E-state index contributed by atoms with van der Waals surface area (Å²) < 4.78 is 14.4. The molecule has 1 fully saturated rings. The standard InChI is InChI=1S/C16H24BrFN2/c1-10-6-12(17)13(18)7-14(10)20-9-15(16(3,4)5)19-8-11(20)2/h6-7,11,15,19H,8-9H2,1-5H3. The zero-order valence-electron chi connectivity index (χ0n) is 12.9. The number of halogens is 2. The summed E-state index contributed by atoms with van der Waals surface area (Å²) in [6.45, 7) is 12.8. The van der Waals surface area contributed by atoms with Crippen LogP contribution in [-0.2, 0) is 0 Å². The van der Waals surface area contributed by atoms with Gasteiger partial charge in [-0.05, 0) is 52.9 Å². The van der Waals surface area contributed by atoms with Crippen LogP contribution in [0.2, 0.25) is 0 Å². The minimum atomic E-state index is -0.191. The molecule has 1 aromatic rings. The summed E-state index contributed by atoms with van der Waals surface area (Å²) in [4.78, 5) is 2.33. The molecule has 1 aliphatic heterocycles. The predicted octanol–water partition coefficient (Wildman–Crippen LogP) is 4.11. The number of nitrogens with one attached hydrogen (secondary N) is 1. The number of benzene rings is 1. The van der Waals surface area contributed by atoms with E-state index in [9.17, 15) is 4.39 Å². The topological polar surface area (TPSA) is 15.3 Å². The first-order valence-corrected chi connectivity index (χ1v) is 7.95. The molecule has 1 aromatic carbocycles. The monoisotopic (exact) mass is 342 g/mol. The summed E-state index contributed by atoms with van der Waals surface area (Å²) in [6.07, 6.45) is 0. The largest absolute Gasteiger partial charge is 0.366 e. The van der Waals surface area contributed by atoms with Crippen LogP contribution in [0.15, 0.2) is 16.6 Å². The van der Waals surface area contributed by atoms with Gasteiger partial charge in [0.1, 0.15) is 5.82 Å². The second kappa shape index (κ2) is 5.64. The Morgan fingerprint density at radius 3 is 2.60 bits per heavy atom. The summed E-state index contributed by atoms with van der Waals surface area (Å²) in [6, 6.07) is 4.30. The molecule has 0 radical (unpaired) electrons. The number of hydrogen-bond donors (Lipinski definition) is 1. The van der Waals surface area contributed by atoms with E-state index >= 15 is 0 Å². The van der Waals surface area contributed by atoms with Crippen molar-refractivity contribution in [3.8, 4) is 0 Å². The Morgan fingerprint density at radius 2 is 2.00 bits per heavy atom. The van der Waals surface area contributed by atoms with Crippen molar-refractivity contribution < 1.29 is 4.39 Å². The number of nitrogens with zero attached hydrogens (tertiary/aromatic N) is 1. The normalized spacial score (nSPS) is 24.1. The number of hydrogen-bond acceptors (Lipinski definition) is 2. The zero-order chi connectivity index (χ0) is 15.1. The van der Waals surface area contributed by atoms with Gasteiger partial charge in [-0.15, -0.1) is 0 Å². The molecule has 0 amide bonds. The van der Waals surface area contributed by atoms with Gasteiger partial charge in [-0.2, -0.15) is 0 Å². The average molecular weight is 343 g/mol. The highest BCUT2D eigenvalue weighted by Crippen LogP contribution is 2.31. The van der Waals surface area contributed by atoms with E-state index in [1.54, 1.807) is 6.07 Å². The first-order chi connectivity index (χ1) is 9.20. The average Bonchev–Trinajstić information content (AvgIpc) is 2.33. The molecule has 0 aliphatic carbocycles. The lowest BCUT2D eigenvalue weighted by Crippen LogP contribution is -2.59. The number of aryl methyl sites for hydroxylation is 1. The maximum atomic E-state index is 13.9.